The molecule has 2 aromatic carbocycles. The molecule has 1 aromatic heterocycles. The summed E-state index contributed by atoms with van der Waals surface area (Å²) < 4.78 is 92.0. The number of pyridine rings is 1. The summed E-state index contributed by atoms with van der Waals surface area (Å²) in [5.41, 5.74) is -1.47. The molecule has 3 aromatic rings. The molecule has 8 nitrogen and oxygen atoms in total. The maximum Gasteiger partial charge on any atom is 0.416 e. The Morgan fingerprint density at radius 3 is 2.26 bits per heavy atom. The highest BCUT2D eigenvalue weighted by Crippen LogP contribution is 2.50. The van der Waals surface area contributed by atoms with E-state index in [1.165, 1.54) is 17.9 Å². The summed E-state index contributed by atoms with van der Waals surface area (Å²) in [4.78, 5) is 33.4. The fraction of sp³-hybridized carbons (Fsp3) is 0.424. The molecule has 14 heteroatoms. The molecular formula is C33H31F6N3O5. The number of carbonyl (C=O) groups excluding carboxylic acids is 2. The zero-order valence-electron chi connectivity index (χ0n) is 25.4. The molecule has 1 aliphatic carbocycles. The van der Waals surface area contributed by atoms with E-state index in [1.807, 2.05) is 4.90 Å². The van der Waals surface area contributed by atoms with Crippen molar-refractivity contribution in [3.8, 4) is 16.9 Å². The quantitative estimate of drug-likeness (QED) is 0.198. The first kappa shape index (κ1) is 32.5. The molecule has 3 fully saturated rings. The van der Waals surface area contributed by atoms with Gasteiger partial charge in [0.2, 0.25) is 0 Å². The SMILES string of the molecule is CCOC(=O)[C@@H]1C[C@H]1c1ccc(O)c(-c2ccc(N3CCC3)nc2CN2C(=O)O[C@H](c3cc(C(F)(F)F)cc(C(F)(F)F)c3)[C@@H]2C)c1. The van der Waals surface area contributed by atoms with Gasteiger partial charge in [-0.1, -0.05) is 6.07 Å². The standard InChI is InChI=1S/C33H31F6N3O5/c1-3-46-30(44)25-15-23(25)18-5-7-27(43)24(13-18)22-6-8-28(41-9-4-10-41)40-26(22)16-42-17(2)29(47-31(42)45)19-11-20(32(34,35)36)14-21(12-19)33(37,38)39/h5-8,11-14,17,23,25,29,43H,3-4,9-10,15-16H2,1-2H3/t17-,23-,25+,29-/m0/s1. The summed E-state index contributed by atoms with van der Waals surface area (Å²) >= 11 is 0. The Morgan fingerprint density at radius 2 is 1.66 bits per heavy atom. The van der Waals surface area contributed by atoms with Crippen LogP contribution in [0.25, 0.3) is 11.1 Å². The van der Waals surface area contributed by atoms with Crippen LogP contribution in [0.4, 0.5) is 37.0 Å². The number of aromatic nitrogens is 1. The summed E-state index contributed by atoms with van der Waals surface area (Å²) in [6.07, 6.45) is -11.0. The van der Waals surface area contributed by atoms with Crippen molar-refractivity contribution in [2.75, 3.05) is 24.6 Å². The molecule has 0 spiro atoms. The Bertz CT molecular complexity index is 1670. The molecule has 1 saturated carbocycles. The van der Waals surface area contributed by atoms with E-state index in [4.69, 9.17) is 14.5 Å². The zero-order chi connectivity index (χ0) is 33.8. The number of anilines is 1. The normalized spacial score (nSPS) is 22.6. The fourth-order valence-electron chi connectivity index (χ4n) is 6.11. The predicted molar refractivity (Wildman–Crippen MR) is 156 cm³/mol. The van der Waals surface area contributed by atoms with E-state index < -0.39 is 47.3 Å². The van der Waals surface area contributed by atoms with Crippen LogP contribution in [0.5, 0.6) is 5.75 Å². The Kier molecular flexibility index (Phi) is 8.25. The number of hydrogen-bond acceptors (Lipinski definition) is 7. The number of ether oxygens (including phenoxy) is 2. The summed E-state index contributed by atoms with van der Waals surface area (Å²) in [5, 5.41) is 10.9. The third-order valence-electron chi connectivity index (χ3n) is 8.91. The smallest absolute Gasteiger partial charge is 0.416 e. The number of alkyl halides is 6. The maximum atomic E-state index is 13.6. The van der Waals surface area contributed by atoms with Crippen molar-refractivity contribution in [1.29, 1.82) is 0 Å². The Balaban J connectivity index is 1.34. The van der Waals surface area contributed by atoms with Crippen LogP contribution >= 0.6 is 0 Å². The van der Waals surface area contributed by atoms with Crippen LogP contribution in [0.3, 0.4) is 0 Å². The predicted octanol–water partition coefficient (Wildman–Crippen LogP) is 7.45. The van der Waals surface area contributed by atoms with E-state index in [2.05, 4.69) is 0 Å². The number of rotatable bonds is 8. The summed E-state index contributed by atoms with van der Waals surface area (Å²) in [6.45, 7) is 4.76. The summed E-state index contributed by atoms with van der Waals surface area (Å²) in [5.74, 6) is -0.175. The molecule has 0 bridgehead atoms. The Hall–Kier alpha value is -4.49. The number of amides is 1. The summed E-state index contributed by atoms with van der Waals surface area (Å²) in [6, 6.07) is 8.67. The molecular weight excluding hydrogens is 632 g/mol. The van der Waals surface area contributed by atoms with E-state index >= 15 is 0 Å². The van der Waals surface area contributed by atoms with Crippen LogP contribution < -0.4 is 4.90 Å². The number of cyclic esters (lactones) is 1. The number of phenolic OH excluding ortho intramolecular Hbond substituents is 1. The lowest BCUT2D eigenvalue weighted by Crippen LogP contribution is -2.38. The zero-order valence-corrected chi connectivity index (χ0v) is 25.4. The van der Waals surface area contributed by atoms with Crippen LogP contribution in [0, 0.1) is 5.92 Å². The van der Waals surface area contributed by atoms with Gasteiger partial charge in [0.05, 0.1) is 41.9 Å². The molecule has 250 valence electrons. The summed E-state index contributed by atoms with van der Waals surface area (Å²) in [7, 11) is 0. The first-order valence-electron chi connectivity index (χ1n) is 15.2. The van der Waals surface area contributed by atoms with Crippen LogP contribution in [0.2, 0.25) is 0 Å². The van der Waals surface area contributed by atoms with Gasteiger partial charge in [0.1, 0.15) is 17.7 Å². The van der Waals surface area contributed by atoms with E-state index in [0.29, 0.717) is 41.2 Å². The number of aromatic hydroxyl groups is 1. The number of benzene rings is 2. The van der Waals surface area contributed by atoms with Gasteiger partial charge >= 0.3 is 24.4 Å². The lowest BCUT2D eigenvalue weighted by atomic mass is 9.96. The minimum atomic E-state index is -5.06. The lowest BCUT2D eigenvalue weighted by Gasteiger charge is -2.33. The molecule has 1 N–H and O–H groups in total. The topological polar surface area (TPSA) is 92.2 Å². The Labute approximate surface area is 265 Å². The highest BCUT2D eigenvalue weighted by Gasteiger charge is 2.46. The number of carbonyl (C=O) groups is 2. The van der Waals surface area contributed by atoms with E-state index in [0.717, 1.165) is 25.1 Å². The second kappa shape index (κ2) is 11.9. The van der Waals surface area contributed by atoms with Crippen molar-refractivity contribution in [2.24, 2.45) is 5.92 Å². The van der Waals surface area contributed by atoms with Gasteiger partial charge < -0.3 is 19.5 Å². The minimum absolute atomic E-state index is 0.0252. The van der Waals surface area contributed by atoms with Crippen LogP contribution in [0.15, 0.2) is 48.5 Å². The molecule has 6 rings (SSSR count). The number of nitrogens with zero attached hydrogens (tertiary/aromatic N) is 3. The van der Waals surface area contributed by atoms with Crippen molar-refractivity contribution < 1.29 is 50.5 Å². The number of esters is 1. The van der Waals surface area contributed by atoms with Gasteiger partial charge in [0, 0.05) is 24.2 Å². The molecule has 3 heterocycles. The monoisotopic (exact) mass is 663 g/mol. The van der Waals surface area contributed by atoms with Gasteiger partial charge in [-0.25, -0.2) is 9.78 Å². The van der Waals surface area contributed by atoms with Crippen LogP contribution in [-0.4, -0.2) is 52.8 Å². The second-order valence-electron chi connectivity index (χ2n) is 12.0. The fourth-order valence-corrected chi connectivity index (χ4v) is 6.11. The van der Waals surface area contributed by atoms with Crippen LogP contribution in [-0.2, 0) is 33.2 Å². The molecule has 2 aliphatic heterocycles. The molecule has 0 unspecified atom stereocenters. The Morgan fingerprint density at radius 1 is 0.979 bits per heavy atom. The molecule has 47 heavy (non-hydrogen) atoms. The molecule has 4 atom stereocenters. The third-order valence-corrected chi connectivity index (χ3v) is 8.91. The second-order valence-corrected chi connectivity index (χ2v) is 12.0. The van der Waals surface area contributed by atoms with Crippen molar-refractivity contribution >= 4 is 17.9 Å². The van der Waals surface area contributed by atoms with Gasteiger partial charge in [-0.15, -0.1) is 0 Å². The van der Waals surface area contributed by atoms with E-state index in [-0.39, 0.29) is 42.8 Å². The lowest BCUT2D eigenvalue weighted by molar-refractivity contribution is -0.145. The van der Waals surface area contributed by atoms with E-state index in [1.54, 1.807) is 31.2 Å². The van der Waals surface area contributed by atoms with E-state index in [9.17, 15) is 41.0 Å². The van der Waals surface area contributed by atoms with Gasteiger partial charge in [-0.2, -0.15) is 26.3 Å². The highest BCUT2D eigenvalue weighted by atomic mass is 19.4. The maximum absolute atomic E-state index is 13.6. The van der Waals surface area contributed by atoms with Crippen LogP contribution in [0.1, 0.15) is 66.7 Å². The first-order chi connectivity index (χ1) is 22.2. The minimum Gasteiger partial charge on any atom is -0.507 e. The van der Waals surface area contributed by atoms with Gasteiger partial charge in [-0.05, 0) is 86.2 Å². The number of hydrogen-bond donors (Lipinski definition) is 1. The molecule has 0 radical (unpaired) electrons. The average Bonchev–Trinajstić information content (AvgIpc) is 3.73. The van der Waals surface area contributed by atoms with Gasteiger partial charge in [0.15, 0.2) is 0 Å². The number of halogens is 6. The van der Waals surface area contributed by atoms with Gasteiger partial charge in [-0.3, -0.25) is 9.69 Å². The third kappa shape index (κ3) is 6.41. The van der Waals surface area contributed by atoms with Crippen molar-refractivity contribution in [3.63, 3.8) is 0 Å². The van der Waals surface area contributed by atoms with Gasteiger partial charge in [0.25, 0.3) is 0 Å². The molecule has 3 aliphatic rings. The first-order valence-corrected chi connectivity index (χ1v) is 15.2. The largest absolute Gasteiger partial charge is 0.507 e. The van der Waals surface area contributed by atoms with Crippen molar-refractivity contribution in [3.05, 3.63) is 76.5 Å². The highest BCUT2D eigenvalue weighted by molar-refractivity contribution is 5.79. The average molecular weight is 664 g/mol. The number of phenols is 1. The van der Waals surface area contributed by atoms with Crippen molar-refractivity contribution in [2.45, 2.75) is 63.7 Å². The molecule has 1 amide bonds. The molecule has 2 saturated heterocycles. The van der Waals surface area contributed by atoms with Crippen molar-refractivity contribution in [1.82, 2.24) is 9.88 Å².